The second-order valence-electron chi connectivity index (χ2n) is 4.47. The Morgan fingerprint density at radius 3 is 2.75 bits per heavy atom. The van der Waals surface area contributed by atoms with E-state index < -0.39 is 0 Å². The number of nitrogens with zero attached hydrogens (tertiary/aromatic N) is 3. The zero-order chi connectivity index (χ0) is 14.5. The Morgan fingerprint density at radius 2 is 2.15 bits per heavy atom. The molecule has 2 rings (SSSR count). The number of ether oxygens (including phenoxy) is 1. The van der Waals surface area contributed by atoms with E-state index in [0.29, 0.717) is 5.88 Å². The Bertz CT molecular complexity index is 565. The highest BCUT2D eigenvalue weighted by molar-refractivity contribution is 9.10. The van der Waals surface area contributed by atoms with E-state index in [0.717, 1.165) is 35.4 Å². The molecule has 0 unspecified atom stereocenters. The number of nitrogens with one attached hydrogen (secondary N) is 1. The van der Waals surface area contributed by atoms with Crippen LogP contribution in [0.25, 0.3) is 0 Å². The largest absolute Gasteiger partial charge is 0.481 e. The monoisotopic (exact) mass is 338 g/mol. The van der Waals surface area contributed by atoms with E-state index in [2.05, 4.69) is 38.3 Å². The molecule has 0 saturated heterocycles. The molecule has 2 aromatic heterocycles. The Morgan fingerprint density at radius 1 is 1.35 bits per heavy atom. The zero-order valence-electron chi connectivity index (χ0n) is 12.0. The van der Waals surface area contributed by atoms with Crippen molar-refractivity contribution in [2.75, 3.05) is 7.11 Å². The van der Waals surface area contributed by atoms with Gasteiger partial charge in [-0.25, -0.2) is 4.98 Å². The van der Waals surface area contributed by atoms with Crippen molar-refractivity contribution in [3.05, 3.63) is 39.8 Å². The van der Waals surface area contributed by atoms with Crippen LogP contribution in [0.2, 0.25) is 0 Å². The van der Waals surface area contributed by atoms with E-state index in [4.69, 9.17) is 4.74 Å². The first kappa shape index (κ1) is 15.0. The summed E-state index contributed by atoms with van der Waals surface area (Å²) in [6.07, 6.45) is 1.82. The highest BCUT2D eigenvalue weighted by atomic mass is 79.9. The van der Waals surface area contributed by atoms with Crippen molar-refractivity contribution >= 4 is 15.9 Å². The average molecular weight is 339 g/mol. The molecule has 0 radical (unpaired) electrons. The van der Waals surface area contributed by atoms with Gasteiger partial charge in [0.25, 0.3) is 0 Å². The van der Waals surface area contributed by atoms with Gasteiger partial charge >= 0.3 is 0 Å². The Balaban J connectivity index is 1.95. The number of methoxy groups -OCH3 is 1. The molecule has 0 aliphatic carbocycles. The van der Waals surface area contributed by atoms with Gasteiger partial charge in [0.2, 0.25) is 5.88 Å². The second-order valence-corrected chi connectivity index (χ2v) is 5.27. The minimum absolute atomic E-state index is 0.635. The van der Waals surface area contributed by atoms with Crippen molar-refractivity contribution < 1.29 is 4.74 Å². The smallest absolute Gasteiger partial charge is 0.212 e. The number of aromatic nitrogens is 3. The van der Waals surface area contributed by atoms with E-state index in [-0.39, 0.29) is 0 Å². The summed E-state index contributed by atoms with van der Waals surface area (Å²) in [5, 5.41) is 7.89. The number of aryl methyl sites for hydroxylation is 2. The van der Waals surface area contributed by atoms with Gasteiger partial charge in [-0.2, -0.15) is 5.10 Å². The average Bonchev–Trinajstić information content (AvgIpc) is 2.75. The van der Waals surface area contributed by atoms with Crippen molar-refractivity contribution in [2.24, 2.45) is 0 Å². The van der Waals surface area contributed by atoms with E-state index in [1.54, 1.807) is 7.11 Å². The number of hydrogen-bond acceptors (Lipinski definition) is 4. The van der Waals surface area contributed by atoms with Crippen LogP contribution in [0.4, 0.5) is 0 Å². The lowest BCUT2D eigenvalue weighted by molar-refractivity contribution is 0.397. The first-order chi connectivity index (χ1) is 9.65. The molecular formula is C14H19BrN4O. The van der Waals surface area contributed by atoms with E-state index in [1.165, 1.54) is 5.69 Å². The van der Waals surface area contributed by atoms with Crippen molar-refractivity contribution in [2.45, 2.75) is 33.5 Å². The third-order valence-corrected chi connectivity index (χ3v) is 4.11. The van der Waals surface area contributed by atoms with Gasteiger partial charge in [-0.3, -0.25) is 4.68 Å². The van der Waals surface area contributed by atoms with Crippen molar-refractivity contribution in [3.8, 4) is 5.88 Å². The number of pyridine rings is 1. The van der Waals surface area contributed by atoms with E-state index >= 15 is 0 Å². The van der Waals surface area contributed by atoms with Crippen LogP contribution in [0.15, 0.2) is 22.8 Å². The van der Waals surface area contributed by atoms with Crippen LogP contribution in [0, 0.1) is 6.92 Å². The number of hydrogen-bond donors (Lipinski definition) is 1. The van der Waals surface area contributed by atoms with Crippen LogP contribution < -0.4 is 10.1 Å². The molecule has 0 fully saturated rings. The molecule has 0 bridgehead atoms. The molecule has 0 aliphatic heterocycles. The molecule has 1 N–H and O–H groups in total. The highest BCUT2D eigenvalue weighted by Gasteiger charge is 2.11. The fourth-order valence-corrected chi connectivity index (χ4v) is 2.42. The summed E-state index contributed by atoms with van der Waals surface area (Å²) in [4.78, 5) is 4.19. The van der Waals surface area contributed by atoms with Gasteiger partial charge in [-0.1, -0.05) is 6.07 Å². The van der Waals surface area contributed by atoms with Gasteiger partial charge in [-0.05, 0) is 35.3 Å². The third kappa shape index (κ3) is 3.37. The summed E-state index contributed by atoms with van der Waals surface area (Å²) >= 11 is 3.59. The van der Waals surface area contributed by atoms with Gasteiger partial charge in [-0.15, -0.1) is 0 Å². The summed E-state index contributed by atoms with van der Waals surface area (Å²) < 4.78 is 8.14. The maximum atomic E-state index is 5.04. The standard InChI is InChI=1S/C14H19BrN4O/c1-4-19-12(14(15)10(2)18-19)9-16-7-11-5-6-13(20-3)17-8-11/h5-6,8,16H,4,7,9H2,1-3H3. The van der Waals surface area contributed by atoms with Gasteiger partial charge in [0.1, 0.15) is 0 Å². The molecule has 5 nitrogen and oxygen atoms in total. The van der Waals surface area contributed by atoms with Crippen LogP contribution in [0.3, 0.4) is 0 Å². The maximum Gasteiger partial charge on any atom is 0.212 e. The van der Waals surface area contributed by atoms with Crippen molar-refractivity contribution in [1.82, 2.24) is 20.1 Å². The summed E-state index contributed by atoms with van der Waals surface area (Å²) in [7, 11) is 1.62. The zero-order valence-corrected chi connectivity index (χ0v) is 13.6. The minimum Gasteiger partial charge on any atom is -0.481 e. The molecule has 0 spiro atoms. The normalized spacial score (nSPS) is 10.8. The molecule has 0 saturated carbocycles. The van der Waals surface area contributed by atoms with Crippen LogP contribution in [-0.2, 0) is 19.6 Å². The molecule has 20 heavy (non-hydrogen) atoms. The third-order valence-electron chi connectivity index (χ3n) is 3.08. The summed E-state index contributed by atoms with van der Waals surface area (Å²) in [5.74, 6) is 0.635. The molecule has 108 valence electrons. The van der Waals surface area contributed by atoms with Crippen LogP contribution in [-0.4, -0.2) is 21.9 Å². The molecular weight excluding hydrogens is 320 g/mol. The lowest BCUT2D eigenvalue weighted by atomic mass is 10.3. The van der Waals surface area contributed by atoms with Gasteiger partial charge in [0.05, 0.1) is 23.0 Å². The lowest BCUT2D eigenvalue weighted by Gasteiger charge is -2.08. The Hall–Kier alpha value is -1.40. The van der Waals surface area contributed by atoms with Crippen LogP contribution in [0.1, 0.15) is 23.9 Å². The Kier molecular flexibility index (Phi) is 5.14. The van der Waals surface area contributed by atoms with E-state index in [1.807, 2.05) is 29.9 Å². The topological polar surface area (TPSA) is 52.0 Å². The predicted octanol–water partition coefficient (Wildman–Crippen LogP) is 2.67. The minimum atomic E-state index is 0.635. The quantitative estimate of drug-likeness (QED) is 0.879. The summed E-state index contributed by atoms with van der Waals surface area (Å²) in [6, 6.07) is 3.88. The number of halogens is 1. The van der Waals surface area contributed by atoms with Crippen LogP contribution >= 0.6 is 15.9 Å². The molecule has 0 aliphatic rings. The fourth-order valence-electron chi connectivity index (χ4n) is 2.00. The molecule has 0 amide bonds. The van der Waals surface area contributed by atoms with Gasteiger partial charge in [0.15, 0.2) is 0 Å². The Labute approximate surface area is 127 Å². The molecule has 6 heteroatoms. The van der Waals surface area contributed by atoms with E-state index in [9.17, 15) is 0 Å². The molecule has 2 heterocycles. The van der Waals surface area contributed by atoms with Gasteiger partial charge in [0, 0.05) is 31.9 Å². The molecule has 0 aromatic carbocycles. The SMILES string of the molecule is CCn1nc(C)c(Br)c1CNCc1ccc(OC)nc1. The molecule has 0 atom stereocenters. The maximum absolute atomic E-state index is 5.04. The summed E-state index contributed by atoms with van der Waals surface area (Å²) in [6.45, 7) is 6.50. The number of rotatable bonds is 6. The lowest BCUT2D eigenvalue weighted by Crippen LogP contribution is -2.16. The highest BCUT2D eigenvalue weighted by Crippen LogP contribution is 2.20. The van der Waals surface area contributed by atoms with Gasteiger partial charge < -0.3 is 10.1 Å². The predicted molar refractivity (Wildman–Crippen MR) is 81.7 cm³/mol. The molecule has 2 aromatic rings. The fraction of sp³-hybridized carbons (Fsp3) is 0.429. The summed E-state index contributed by atoms with van der Waals surface area (Å²) in [5.41, 5.74) is 3.32. The van der Waals surface area contributed by atoms with Crippen molar-refractivity contribution in [3.63, 3.8) is 0 Å². The van der Waals surface area contributed by atoms with Crippen LogP contribution in [0.5, 0.6) is 5.88 Å². The van der Waals surface area contributed by atoms with Crippen molar-refractivity contribution in [1.29, 1.82) is 0 Å². The second kappa shape index (κ2) is 6.85. The first-order valence-corrected chi connectivity index (χ1v) is 7.36. The first-order valence-electron chi connectivity index (χ1n) is 6.57.